The number of amides is 1. The van der Waals surface area contributed by atoms with Gasteiger partial charge in [0, 0.05) is 12.8 Å². The van der Waals surface area contributed by atoms with Gasteiger partial charge >= 0.3 is 11.9 Å². The molecule has 0 heterocycles. The number of ether oxygens (including phenoxy) is 2. The monoisotopic (exact) mass is 395 g/mol. The number of hydrogen-bond donors (Lipinski definition) is 1. The van der Waals surface area contributed by atoms with Crippen molar-refractivity contribution in [3.05, 3.63) is 65.7 Å². The Balaban J connectivity index is 1.68. The molecule has 0 radical (unpaired) electrons. The van der Waals surface area contributed by atoms with E-state index in [9.17, 15) is 19.2 Å². The van der Waals surface area contributed by atoms with E-state index in [-0.39, 0.29) is 29.9 Å². The normalized spacial score (nSPS) is 18.6. The van der Waals surface area contributed by atoms with Crippen LogP contribution >= 0.6 is 0 Å². The van der Waals surface area contributed by atoms with Crippen LogP contribution in [0.2, 0.25) is 0 Å². The van der Waals surface area contributed by atoms with Crippen LogP contribution < -0.4 is 5.32 Å². The summed E-state index contributed by atoms with van der Waals surface area (Å²) in [5, 5.41) is 2.63. The number of carbonyl (C=O) groups excluding carboxylic acids is 4. The van der Waals surface area contributed by atoms with E-state index in [0.717, 1.165) is 0 Å². The molecule has 0 aromatic heterocycles. The first kappa shape index (κ1) is 20.3. The summed E-state index contributed by atoms with van der Waals surface area (Å²) >= 11 is 0. The van der Waals surface area contributed by atoms with E-state index >= 15 is 0 Å². The minimum absolute atomic E-state index is 0.101. The highest BCUT2D eigenvalue weighted by Crippen LogP contribution is 2.27. The van der Waals surface area contributed by atoms with Crippen LogP contribution in [0, 0.1) is 5.92 Å². The number of Topliss-reactive ketones (excluding diaryl/α,β-unsaturated/α-hetero) is 1. The molecule has 2 aromatic rings. The van der Waals surface area contributed by atoms with Gasteiger partial charge in [-0.1, -0.05) is 30.3 Å². The van der Waals surface area contributed by atoms with Crippen LogP contribution in [0.25, 0.3) is 0 Å². The quantitative estimate of drug-likeness (QED) is 0.617. The third kappa shape index (κ3) is 4.87. The molecule has 1 N–H and O–H groups in total. The minimum Gasteiger partial charge on any atom is -0.465 e. The van der Waals surface area contributed by atoms with Crippen molar-refractivity contribution in [1.82, 2.24) is 0 Å². The van der Waals surface area contributed by atoms with E-state index in [4.69, 9.17) is 9.47 Å². The number of ketones is 1. The molecule has 0 bridgehead atoms. The molecule has 1 aliphatic rings. The van der Waals surface area contributed by atoms with Crippen molar-refractivity contribution in [2.75, 3.05) is 12.4 Å². The van der Waals surface area contributed by atoms with Crippen molar-refractivity contribution in [2.45, 2.75) is 25.4 Å². The number of hydrogen-bond acceptors (Lipinski definition) is 6. The standard InChI is InChI=1S/C22H21NO6/c1-28-22(27)16-9-5-6-10-18(16)23-20(25)17-13-15(11-12-19(17)24)29-21(26)14-7-3-2-4-8-14/h2-10,15,17H,11-13H2,1H3,(H,23,25). The predicted octanol–water partition coefficient (Wildman–Crippen LogP) is 3.01. The zero-order valence-electron chi connectivity index (χ0n) is 15.9. The Kier molecular flexibility index (Phi) is 6.39. The molecule has 2 unspecified atom stereocenters. The van der Waals surface area contributed by atoms with Crippen LogP contribution in [0.3, 0.4) is 0 Å². The Morgan fingerprint density at radius 2 is 1.66 bits per heavy atom. The summed E-state index contributed by atoms with van der Waals surface area (Å²) in [5.41, 5.74) is 0.872. The topological polar surface area (TPSA) is 98.8 Å². The number of methoxy groups -OCH3 is 1. The lowest BCUT2D eigenvalue weighted by Gasteiger charge is -2.27. The predicted molar refractivity (Wildman–Crippen MR) is 104 cm³/mol. The largest absolute Gasteiger partial charge is 0.465 e. The Morgan fingerprint density at radius 3 is 2.38 bits per heavy atom. The Bertz CT molecular complexity index is 924. The SMILES string of the molecule is COC(=O)c1ccccc1NC(=O)C1CC(OC(=O)c2ccccc2)CCC1=O. The van der Waals surface area contributed by atoms with E-state index in [2.05, 4.69) is 5.32 Å². The van der Waals surface area contributed by atoms with Crippen molar-refractivity contribution >= 4 is 29.3 Å². The molecule has 0 aliphatic heterocycles. The van der Waals surface area contributed by atoms with Gasteiger partial charge in [-0.3, -0.25) is 9.59 Å². The molecule has 29 heavy (non-hydrogen) atoms. The highest BCUT2D eigenvalue weighted by Gasteiger charge is 2.36. The fourth-order valence-corrected chi connectivity index (χ4v) is 3.24. The molecular formula is C22H21NO6. The molecule has 3 rings (SSSR count). The number of esters is 2. The molecule has 1 fully saturated rings. The average Bonchev–Trinajstić information content (AvgIpc) is 2.75. The maximum absolute atomic E-state index is 12.7. The lowest BCUT2D eigenvalue weighted by molar-refractivity contribution is -0.135. The van der Waals surface area contributed by atoms with Gasteiger partial charge < -0.3 is 14.8 Å². The molecule has 2 atom stereocenters. The summed E-state index contributed by atoms with van der Waals surface area (Å²) in [6.45, 7) is 0. The highest BCUT2D eigenvalue weighted by molar-refractivity contribution is 6.09. The minimum atomic E-state index is -0.956. The van der Waals surface area contributed by atoms with Gasteiger partial charge in [-0.15, -0.1) is 0 Å². The van der Waals surface area contributed by atoms with Crippen LogP contribution in [0.4, 0.5) is 5.69 Å². The summed E-state index contributed by atoms with van der Waals surface area (Å²) in [6, 6.07) is 14.9. The van der Waals surface area contributed by atoms with Crippen LogP contribution in [0.15, 0.2) is 54.6 Å². The summed E-state index contributed by atoms with van der Waals surface area (Å²) < 4.78 is 10.2. The first-order valence-corrected chi connectivity index (χ1v) is 9.26. The molecule has 1 saturated carbocycles. The van der Waals surface area contributed by atoms with Crippen molar-refractivity contribution in [2.24, 2.45) is 5.92 Å². The first-order valence-electron chi connectivity index (χ1n) is 9.26. The number of carbonyl (C=O) groups is 4. The maximum atomic E-state index is 12.7. The molecule has 1 amide bonds. The summed E-state index contributed by atoms with van der Waals surface area (Å²) in [7, 11) is 1.25. The van der Waals surface area contributed by atoms with Gasteiger partial charge in [-0.05, 0) is 30.7 Å². The van der Waals surface area contributed by atoms with E-state index in [1.54, 1.807) is 48.5 Å². The van der Waals surface area contributed by atoms with Crippen LogP contribution in [-0.4, -0.2) is 36.8 Å². The Labute approximate surface area is 168 Å². The zero-order valence-corrected chi connectivity index (χ0v) is 15.9. The molecule has 150 valence electrons. The maximum Gasteiger partial charge on any atom is 0.339 e. The van der Waals surface area contributed by atoms with Gasteiger partial charge in [0.2, 0.25) is 5.91 Å². The number of anilines is 1. The van der Waals surface area contributed by atoms with Crippen LogP contribution in [0.5, 0.6) is 0 Å². The van der Waals surface area contributed by atoms with Crippen molar-refractivity contribution in [3.63, 3.8) is 0 Å². The molecular weight excluding hydrogens is 374 g/mol. The third-order valence-corrected chi connectivity index (χ3v) is 4.79. The first-order chi connectivity index (χ1) is 14.0. The molecule has 0 spiro atoms. The average molecular weight is 395 g/mol. The van der Waals surface area contributed by atoms with Crippen LogP contribution in [-0.2, 0) is 19.1 Å². The van der Waals surface area contributed by atoms with E-state index < -0.39 is 29.9 Å². The fraction of sp³-hybridized carbons (Fsp3) is 0.273. The van der Waals surface area contributed by atoms with Gasteiger partial charge in [0.15, 0.2) is 0 Å². The van der Waals surface area contributed by atoms with E-state index in [1.807, 2.05) is 0 Å². The Hall–Kier alpha value is -3.48. The second kappa shape index (κ2) is 9.14. The summed E-state index contributed by atoms with van der Waals surface area (Å²) in [4.78, 5) is 49.1. The number of rotatable bonds is 5. The number of nitrogens with one attached hydrogen (secondary N) is 1. The second-order valence-corrected chi connectivity index (χ2v) is 6.71. The number of benzene rings is 2. The molecule has 7 heteroatoms. The molecule has 1 aliphatic carbocycles. The van der Waals surface area contributed by atoms with Gasteiger partial charge in [0.05, 0.1) is 23.9 Å². The molecule has 7 nitrogen and oxygen atoms in total. The van der Waals surface area contributed by atoms with Gasteiger partial charge in [0.25, 0.3) is 0 Å². The van der Waals surface area contributed by atoms with Crippen molar-refractivity contribution in [1.29, 1.82) is 0 Å². The summed E-state index contributed by atoms with van der Waals surface area (Å²) in [6.07, 6.45) is 0.0829. The van der Waals surface area contributed by atoms with E-state index in [1.165, 1.54) is 13.2 Å². The van der Waals surface area contributed by atoms with Crippen LogP contribution in [0.1, 0.15) is 40.0 Å². The fourth-order valence-electron chi connectivity index (χ4n) is 3.24. The summed E-state index contributed by atoms with van der Waals surface area (Å²) in [5.74, 6) is -2.79. The highest BCUT2D eigenvalue weighted by atomic mass is 16.5. The molecule has 2 aromatic carbocycles. The molecule has 0 saturated heterocycles. The van der Waals surface area contributed by atoms with Gasteiger partial charge in [0.1, 0.15) is 17.8 Å². The Morgan fingerprint density at radius 1 is 0.966 bits per heavy atom. The second-order valence-electron chi connectivity index (χ2n) is 6.71. The third-order valence-electron chi connectivity index (χ3n) is 4.79. The van der Waals surface area contributed by atoms with E-state index in [0.29, 0.717) is 12.0 Å². The van der Waals surface area contributed by atoms with Gasteiger partial charge in [-0.2, -0.15) is 0 Å². The zero-order chi connectivity index (χ0) is 20.8. The van der Waals surface area contributed by atoms with Crippen molar-refractivity contribution < 1.29 is 28.7 Å². The van der Waals surface area contributed by atoms with Gasteiger partial charge in [-0.25, -0.2) is 9.59 Å². The van der Waals surface area contributed by atoms with Crippen molar-refractivity contribution in [3.8, 4) is 0 Å². The number of para-hydroxylation sites is 1. The lowest BCUT2D eigenvalue weighted by Crippen LogP contribution is -2.38. The smallest absolute Gasteiger partial charge is 0.339 e. The lowest BCUT2D eigenvalue weighted by atomic mass is 9.85.